The van der Waals surface area contributed by atoms with Crippen LogP contribution in [-0.2, 0) is 6.54 Å². The van der Waals surface area contributed by atoms with Gasteiger partial charge in [0.1, 0.15) is 0 Å². The van der Waals surface area contributed by atoms with Gasteiger partial charge in [-0.25, -0.2) is 4.98 Å². The lowest BCUT2D eigenvalue weighted by molar-refractivity contribution is 0.566. The molecule has 0 bridgehead atoms. The van der Waals surface area contributed by atoms with Gasteiger partial charge in [0.25, 0.3) is 5.56 Å². The zero-order valence-corrected chi connectivity index (χ0v) is 11.4. The minimum atomic E-state index is -0.0137. The second-order valence-electron chi connectivity index (χ2n) is 4.69. The third kappa shape index (κ3) is 3.64. The Morgan fingerprint density at radius 1 is 1.21 bits per heavy atom. The lowest BCUT2D eigenvalue weighted by Crippen LogP contribution is -2.21. The van der Waals surface area contributed by atoms with Gasteiger partial charge in [-0.1, -0.05) is 19.1 Å². The number of fused-ring (bicyclic) bond motifs is 1. The third-order valence-corrected chi connectivity index (χ3v) is 3.16. The van der Waals surface area contributed by atoms with Gasteiger partial charge in [-0.2, -0.15) is 0 Å². The molecule has 19 heavy (non-hydrogen) atoms. The summed E-state index contributed by atoms with van der Waals surface area (Å²) in [6, 6.07) is 7.79. The quantitative estimate of drug-likeness (QED) is 0.775. The maximum absolute atomic E-state index is 11.9. The van der Waals surface area contributed by atoms with Crippen LogP contribution in [0.4, 0.5) is 0 Å². The summed E-state index contributed by atoms with van der Waals surface area (Å²) in [6.45, 7) is 5.01. The molecule has 0 amide bonds. The molecular formula is C15H21N3O. The van der Waals surface area contributed by atoms with Crippen LogP contribution in [0.3, 0.4) is 0 Å². The molecule has 1 aromatic heterocycles. The van der Waals surface area contributed by atoms with Crippen LogP contribution < -0.4 is 10.9 Å². The number of para-hydroxylation sites is 2. The van der Waals surface area contributed by atoms with E-state index in [9.17, 15) is 4.79 Å². The van der Waals surface area contributed by atoms with Gasteiger partial charge in [-0.05, 0) is 44.5 Å². The van der Waals surface area contributed by atoms with Crippen molar-refractivity contribution in [3.8, 4) is 0 Å². The number of hydrogen-bond acceptors (Lipinski definition) is 3. The topological polar surface area (TPSA) is 46.9 Å². The number of unbranched alkanes of at least 4 members (excludes halogenated alkanes) is 1. The van der Waals surface area contributed by atoms with Gasteiger partial charge in [0, 0.05) is 6.54 Å². The molecule has 0 aliphatic rings. The Kier molecular flexibility index (Phi) is 5.10. The van der Waals surface area contributed by atoms with Gasteiger partial charge in [0.05, 0.1) is 17.2 Å². The summed E-state index contributed by atoms with van der Waals surface area (Å²) in [6.07, 6.45) is 4.67. The summed E-state index contributed by atoms with van der Waals surface area (Å²) >= 11 is 0. The Morgan fingerprint density at radius 3 is 2.89 bits per heavy atom. The second kappa shape index (κ2) is 7.04. The standard InChI is InChI=1S/C15H21N3O/c1-2-9-16-10-5-6-11-18-14-8-4-3-7-13(14)17-12-15(18)19/h3-4,7-8,12,16H,2,5-6,9-11H2,1H3. The normalized spacial score (nSPS) is 11.0. The number of benzene rings is 1. The molecule has 0 atom stereocenters. The van der Waals surface area contributed by atoms with Crippen LogP contribution in [0.5, 0.6) is 0 Å². The highest BCUT2D eigenvalue weighted by molar-refractivity contribution is 5.74. The summed E-state index contributed by atoms with van der Waals surface area (Å²) < 4.78 is 1.82. The molecule has 0 saturated heterocycles. The molecule has 102 valence electrons. The number of hydrogen-bond donors (Lipinski definition) is 1. The number of rotatable bonds is 7. The molecule has 0 saturated carbocycles. The van der Waals surface area contributed by atoms with Gasteiger partial charge in [-0.15, -0.1) is 0 Å². The molecular weight excluding hydrogens is 238 g/mol. The monoisotopic (exact) mass is 259 g/mol. The van der Waals surface area contributed by atoms with Crippen molar-refractivity contribution in [2.75, 3.05) is 13.1 Å². The van der Waals surface area contributed by atoms with Crippen molar-refractivity contribution in [3.05, 3.63) is 40.8 Å². The molecule has 0 radical (unpaired) electrons. The van der Waals surface area contributed by atoms with Crippen LogP contribution in [0, 0.1) is 0 Å². The zero-order valence-electron chi connectivity index (χ0n) is 11.4. The summed E-state index contributed by atoms with van der Waals surface area (Å²) in [4.78, 5) is 16.0. The molecule has 0 aliphatic heterocycles. The van der Waals surface area contributed by atoms with E-state index in [1.807, 2.05) is 28.8 Å². The molecule has 4 nitrogen and oxygen atoms in total. The van der Waals surface area contributed by atoms with E-state index in [2.05, 4.69) is 17.2 Å². The van der Waals surface area contributed by atoms with E-state index in [4.69, 9.17) is 0 Å². The predicted molar refractivity (Wildman–Crippen MR) is 78.4 cm³/mol. The molecule has 0 unspecified atom stereocenters. The van der Waals surface area contributed by atoms with Gasteiger partial charge < -0.3 is 9.88 Å². The molecule has 2 rings (SSSR count). The van der Waals surface area contributed by atoms with Gasteiger partial charge in [0.15, 0.2) is 0 Å². The highest BCUT2D eigenvalue weighted by Crippen LogP contribution is 2.08. The van der Waals surface area contributed by atoms with Crippen molar-refractivity contribution >= 4 is 11.0 Å². The second-order valence-corrected chi connectivity index (χ2v) is 4.69. The lowest BCUT2D eigenvalue weighted by atomic mass is 10.2. The number of aromatic nitrogens is 2. The van der Waals surface area contributed by atoms with Gasteiger partial charge in [0.2, 0.25) is 0 Å². The van der Waals surface area contributed by atoms with E-state index in [-0.39, 0.29) is 5.56 Å². The van der Waals surface area contributed by atoms with Crippen LogP contribution >= 0.6 is 0 Å². The number of aryl methyl sites for hydroxylation is 1. The first-order chi connectivity index (χ1) is 9.33. The van der Waals surface area contributed by atoms with Crippen molar-refractivity contribution < 1.29 is 0 Å². The molecule has 0 spiro atoms. The Bertz CT molecular complexity index is 577. The van der Waals surface area contributed by atoms with E-state index >= 15 is 0 Å². The highest BCUT2D eigenvalue weighted by atomic mass is 16.1. The SMILES string of the molecule is CCCNCCCCn1c(=O)cnc2ccccc21. The smallest absolute Gasteiger partial charge is 0.269 e. The summed E-state index contributed by atoms with van der Waals surface area (Å²) in [5.74, 6) is 0. The van der Waals surface area contributed by atoms with E-state index in [1.54, 1.807) is 0 Å². The van der Waals surface area contributed by atoms with Crippen LogP contribution in [-0.4, -0.2) is 22.6 Å². The van der Waals surface area contributed by atoms with Crippen LogP contribution in [0.15, 0.2) is 35.3 Å². The summed E-state index contributed by atoms with van der Waals surface area (Å²) in [5.41, 5.74) is 1.79. The van der Waals surface area contributed by atoms with Crippen molar-refractivity contribution in [2.24, 2.45) is 0 Å². The Labute approximate surface area is 113 Å². The van der Waals surface area contributed by atoms with Crippen molar-refractivity contribution in [1.29, 1.82) is 0 Å². The molecule has 1 heterocycles. The summed E-state index contributed by atoms with van der Waals surface area (Å²) in [5, 5.41) is 3.37. The lowest BCUT2D eigenvalue weighted by Gasteiger charge is -2.09. The largest absolute Gasteiger partial charge is 0.317 e. The van der Waals surface area contributed by atoms with Crippen molar-refractivity contribution in [2.45, 2.75) is 32.7 Å². The maximum atomic E-state index is 11.9. The molecule has 2 aromatic rings. The molecule has 0 aliphatic carbocycles. The first kappa shape index (κ1) is 13.7. The molecule has 1 aromatic carbocycles. The average Bonchev–Trinajstić information content (AvgIpc) is 2.44. The van der Waals surface area contributed by atoms with E-state index < -0.39 is 0 Å². The van der Waals surface area contributed by atoms with Gasteiger partial charge >= 0.3 is 0 Å². The van der Waals surface area contributed by atoms with Crippen LogP contribution in [0.1, 0.15) is 26.2 Å². The summed E-state index contributed by atoms with van der Waals surface area (Å²) in [7, 11) is 0. The molecule has 4 heteroatoms. The Hall–Kier alpha value is -1.68. The first-order valence-electron chi connectivity index (χ1n) is 6.98. The first-order valence-corrected chi connectivity index (χ1v) is 6.98. The number of nitrogens with zero attached hydrogens (tertiary/aromatic N) is 2. The van der Waals surface area contributed by atoms with Crippen LogP contribution in [0.2, 0.25) is 0 Å². The highest BCUT2D eigenvalue weighted by Gasteiger charge is 2.02. The third-order valence-electron chi connectivity index (χ3n) is 3.16. The Morgan fingerprint density at radius 2 is 2.05 bits per heavy atom. The maximum Gasteiger partial charge on any atom is 0.269 e. The molecule has 1 N–H and O–H groups in total. The minimum Gasteiger partial charge on any atom is -0.317 e. The fraction of sp³-hybridized carbons (Fsp3) is 0.467. The average molecular weight is 259 g/mol. The van der Waals surface area contributed by atoms with E-state index in [1.165, 1.54) is 6.20 Å². The fourth-order valence-electron chi connectivity index (χ4n) is 2.17. The van der Waals surface area contributed by atoms with Crippen molar-refractivity contribution in [1.82, 2.24) is 14.9 Å². The zero-order chi connectivity index (χ0) is 13.5. The van der Waals surface area contributed by atoms with E-state index in [0.717, 1.165) is 49.9 Å². The minimum absolute atomic E-state index is 0.0137. The van der Waals surface area contributed by atoms with Crippen molar-refractivity contribution in [3.63, 3.8) is 0 Å². The van der Waals surface area contributed by atoms with Crippen LogP contribution in [0.25, 0.3) is 11.0 Å². The predicted octanol–water partition coefficient (Wildman–Crippen LogP) is 2.18. The fourth-order valence-corrected chi connectivity index (χ4v) is 2.17. The Balaban J connectivity index is 2.00. The van der Waals surface area contributed by atoms with Gasteiger partial charge in [-0.3, -0.25) is 4.79 Å². The molecule has 0 fully saturated rings. The van der Waals surface area contributed by atoms with E-state index in [0.29, 0.717) is 0 Å². The number of nitrogens with one attached hydrogen (secondary N) is 1.